The molecule has 192 valence electrons. The summed E-state index contributed by atoms with van der Waals surface area (Å²) in [6, 6.07) is 3.60. The number of aliphatic hydroxyl groups is 1. The van der Waals surface area contributed by atoms with Gasteiger partial charge in [-0.1, -0.05) is 0 Å². The van der Waals surface area contributed by atoms with E-state index in [9.17, 15) is 28.4 Å². The molecule has 0 amide bonds. The molecule has 0 spiro atoms. The van der Waals surface area contributed by atoms with E-state index in [4.69, 9.17) is 0 Å². The number of fused-ring (bicyclic) bond motifs is 1. The van der Waals surface area contributed by atoms with Crippen LogP contribution in [0.2, 0.25) is 0 Å². The van der Waals surface area contributed by atoms with Gasteiger partial charge in [-0.3, -0.25) is 10.1 Å². The second-order valence-corrected chi connectivity index (χ2v) is 8.71. The molecule has 10 nitrogen and oxygen atoms in total. The Morgan fingerprint density at radius 1 is 1.22 bits per heavy atom. The fourth-order valence-corrected chi connectivity index (χ4v) is 4.10. The summed E-state index contributed by atoms with van der Waals surface area (Å²) >= 11 is 0. The third-order valence-corrected chi connectivity index (χ3v) is 6.09. The molecule has 0 unspecified atom stereocenters. The number of non-ortho nitro benzene ring substituents is 1. The lowest BCUT2D eigenvalue weighted by atomic mass is 10.0. The zero-order chi connectivity index (χ0) is 26.0. The standard InChI is InChI=1S/C23H26F3N7O3/c1-14(15-9-16(23(24,25)26)11-17(10-15)33(35)36)28-21-18-12-20(32-5-3-4-6-32)27-13-19(18)29-22(30-21)31(2)7-8-34/h9-14,34H,3-8H2,1-2H3,(H,28,29,30)/t14-/m1/s1. The number of rotatable bonds is 8. The first-order valence-corrected chi connectivity index (χ1v) is 11.4. The van der Waals surface area contributed by atoms with Crippen LogP contribution in [0.15, 0.2) is 30.5 Å². The van der Waals surface area contributed by atoms with Crippen molar-refractivity contribution in [3.63, 3.8) is 0 Å². The summed E-state index contributed by atoms with van der Waals surface area (Å²) < 4.78 is 40.2. The summed E-state index contributed by atoms with van der Waals surface area (Å²) in [5.74, 6) is 1.37. The first kappa shape index (κ1) is 25.4. The Labute approximate surface area is 204 Å². The molecule has 4 rings (SSSR count). The van der Waals surface area contributed by atoms with E-state index in [1.807, 2.05) is 6.07 Å². The normalized spacial score (nSPS) is 14.8. The smallest absolute Gasteiger partial charge is 0.395 e. The van der Waals surface area contributed by atoms with Gasteiger partial charge in [-0.05, 0) is 37.5 Å². The number of benzene rings is 1. The number of nitro benzene ring substituents is 1. The summed E-state index contributed by atoms with van der Waals surface area (Å²) in [6.07, 6.45) is -1.01. The number of halogens is 3. The number of nitrogens with zero attached hydrogens (tertiary/aromatic N) is 6. The molecule has 1 fully saturated rings. The molecule has 1 aliphatic heterocycles. The molecule has 0 bridgehead atoms. The van der Waals surface area contributed by atoms with E-state index in [0.717, 1.165) is 43.9 Å². The summed E-state index contributed by atoms with van der Waals surface area (Å²) in [5, 5.41) is 24.3. The minimum Gasteiger partial charge on any atom is -0.395 e. The summed E-state index contributed by atoms with van der Waals surface area (Å²) in [6.45, 7) is 3.47. The van der Waals surface area contributed by atoms with Crippen molar-refractivity contribution in [2.24, 2.45) is 0 Å². The third-order valence-electron chi connectivity index (χ3n) is 6.09. The quantitative estimate of drug-likeness (QED) is 0.343. The fourth-order valence-electron chi connectivity index (χ4n) is 4.10. The molecule has 1 saturated heterocycles. The molecule has 2 aromatic heterocycles. The van der Waals surface area contributed by atoms with Crippen molar-refractivity contribution in [1.82, 2.24) is 15.0 Å². The number of pyridine rings is 1. The van der Waals surface area contributed by atoms with Crippen LogP contribution < -0.4 is 15.1 Å². The summed E-state index contributed by atoms with van der Waals surface area (Å²) in [5.41, 5.74) is -1.15. The lowest BCUT2D eigenvalue weighted by molar-refractivity contribution is -0.385. The number of likely N-dealkylation sites (N-methyl/N-ethyl adjacent to an activating group) is 1. The van der Waals surface area contributed by atoms with Crippen LogP contribution in [-0.4, -0.2) is 58.3 Å². The van der Waals surface area contributed by atoms with Crippen molar-refractivity contribution >= 4 is 34.2 Å². The molecule has 0 saturated carbocycles. The minimum absolute atomic E-state index is 0.0855. The van der Waals surface area contributed by atoms with Crippen LogP contribution in [0.3, 0.4) is 0 Å². The van der Waals surface area contributed by atoms with Gasteiger partial charge in [0.15, 0.2) is 0 Å². The molecular formula is C23H26F3N7O3. The Morgan fingerprint density at radius 2 is 1.94 bits per heavy atom. The zero-order valence-electron chi connectivity index (χ0n) is 19.8. The maximum atomic E-state index is 13.4. The number of nitrogens with one attached hydrogen (secondary N) is 1. The number of hydrogen-bond acceptors (Lipinski definition) is 9. The van der Waals surface area contributed by atoms with Gasteiger partial charge < -0.3 is 20.2 Å². The molecule has 0 aliphatic carbocycles. The molecule has 3 aromatic rings. The molecule has 0 radical (unpaired) electrons. The predicted molar refractivity (Wildman–Crippen MR) is 129 cm³/mol. The highest BCUT2D eigenvalue weighted by Crippen LogP contribution is 2.35. The summed E-state index contributed by atoms with van der Waals surface area (Å²) in [7, 11) is 1.70. The van der Waals surface area contributed by atoms with E-state index >= 15 is 0 Å². The van der Waals surface area contributed by atoms with Crippen LogP contribution in [0.4, 0.5) is 36.4 Å². The molecule has 1 aliphatic rings. The van der Waals surface area contributed by atoms with Gasteiger partial charge in [-0.15, -0.1) is 0 Å². The van der Waals surface area contributed by atoms with Gasteiger partial charge in [0.25, 0.3) is 5.69 Å². The van der Waals surface area contributed by atoms with Gasteiger partial charge in [-0.25, -0.2) is 9.97 Å². The second kappa shape index (κ2) is 10.1. The molecule has 36 heavy (non-hydrogen) atoms. The monoisotopic (exact) mass is 505 g/mol. The van der Waals surface area contributed by atoms with Crippen LogP contribution in [0.5, 0.6) is 0 Å². The largest absolute Gasteiger partial charge is 0.416 e. The van der Waals surface area contributed by atoms with Crippen LogP contribution >= 0.6 is 0 Å². The van der Waals surface area contributed by atoms with E-state index in [-0.39, 0.29) is 24.7 Å². The Hall–Kier alpha value is -3.74. The van der Waals surface area contributed by atoms with Crippen LogP contribution in [0, 0.1) is 10.1 Å². The van der Waals surface area contributed by atoms with Crippen molar-refractivity contribution in [3.05, 3.63) is 51.7 Å². The van der Waals surface area contributed by atoms with E-state index in [1.165, 1.54) is 0 Å². The Kier molecular flexibility index (Phi) is 7.11. The lowest BCUT2D eigenvalue weighted by Gasteiger charge is -2.22. The van der Waals surface area contributed by atoms with Crippen molar-refractivity contribution in [3.8, 4) is 0 Å². The molecular weight excluding hydrogens is 479 g/mol. The van der Waals surface area contributed by atoms with Crippen molar-refractivity contribution in [2.75, 3.05) is 48.4 Å². The zero-order valence-corrected chi connectivity index (χ0v) is 19.8. The Balaban J connectivity index is 1.78. The average molecular weight is 506 g/mol. The molecule has 2 N–H and O–H groups in total. The van der Waals surface area contributed by atoms with Crippen LogP contribution in [0.1, 0.15) is 36.9 Å². The van der Waals surface area contributed by atoms with Gasteiger partial charge in [0.2, 0.25) is 5.95 Å². The number of aliphatic hydroxyl groups excluding tert-OH is 1. The van der Waals surface area contributed by atoms with E-state index in [1.54, 1.807) is 25.1 Å². The van der Waals surface area contributed by atoms with Crippen LogP contribution in [-0.2, 0) is 6.18 Å². The third kappa shape index (κ3) is 5.40. The van der Waals surface area contributed by atoms with Crippen LogP contribution in [0.25, 0.3) is 10.9 Å². The number of hydrogen-bond donors (Lipinski definition) is 2. The Bertz CT molecular complexity index is 1270. The average Bonchev–Trinajstić information content (AvgIpc) is 3.38. The molecule has 1 aromatic carbocycles. The van der Waals surface area contributed by atoms with Gasteiger partial charge >= 0.3 is 6.18 Å². The van der Waals surface area contributed by atoms with Crippen molar-refractivity contribution in [2.45, 2.75) is 32.0 Å². The number of anilines is 3. The molecule has 3 heterocycles. The van der Waals surface area contributed by atoms with Gasteiger partial charge in [0, 0.05) is 44.2 Å². The van der Waals surface area contributed by atoms with Gasteiger partial charge in [0.1, 0.15) is 11.6 Å². The maximum absolute atomic E-state index is 13.4. The van der Waals surface area contributed by atoms with E-state index in [0.29, 0.717) is 22.8 Å². The first-order chi connectivity index (χ1) is 17.1. The summed E-state index contributed by atoms with van der Waals surface area (Å²) in [4.78, 5) is 27.8. The van der Waals surface area contributed by atoms with Crippen molar-refractivity contribution < 1.29 is 23.2 Å². The van der Waals surface area contributed by atoms with E-state index < -0.39 is 28.4 Å². The maximum Gasteiger partial charge on any atom is 0.416 e. The Morgan fingerprint density at radius 3 is 2.58 bits per heavy atom. The minimum atomic E-state index is -4.74. The highest BCUT2D eigenvalue weighted by Gasteiger charge is 2.33. The van der Waals surface area contributed by atoms with Crippen molar-refractivity contribution in [1.29, 1.82) is 0 Å². The highest BCUT2D eigenvalue weighted by molar-refractivity contribution is 5.91. The van der Waals surface area contributed by atoms with Gasteiger partial charge in [-0.2, -0.15) is 18.2 Å². The first-order valence-electron chi connectivity index (χ1n) is 11.4. The lowest BCUT2D eigenvalue weighted by Crippen LogP contribution is -2.24. The highest BCUT2D eigenvalue weighted by atomic mass is 19.4. The fraction of sp³-hybridized carbons (Fsp3) is 0.435. The SMILES string of the molecule is C[C@@H](Nc1nc(N(C)CCO)nc2cnc(N3CCCC3)cc12)c1cc([N+](=O)[O-])cc(C(F)(F)F)c1. The molecule has 13 heteroatoms. The van der Waals surface area contributed by atoms with E-state index in [2.05, 4.69) is 25.2 Å². The predicted octanol–water partition coefficient (Wildman–Crippen LogP) is 4.15. The van der Waals surface area contributed by atoms with Gasteiger partial charge in [0.05, 0.1) is 34.8 Å². The molecule has 1 atom stereocenters. The number of alkyl halides is 3. The second-order valence-electron chi connectivity index (χ2n) is 8.71. The number of nitro groups is 1. The number of aromatic nitrogens is 3. The topological polar surface area (TPSA) is 121 Å².